The Balaban J connectivity index is 1.36. The van der Waals surface area contributed by atoms with E-state index in [1.165, 1.54) is 44.1 Å². The van der Waals surface area contributed by atoms with Crippen LogP contribution in [0.3, 0.4) is 0 Å². The first-order valence-electron chi connectivity index (χ1n) is 10.7. The van der Waals surface area contributed by atoms with Crippen LogP contribution in [0.15, 0.2) is 24.3 Å². The lowest BCUT2D eigenvalue weighted by Gasteiger charge is -2.43. The Morgan fingerprint density at radius 2 is 1.89 bits per heavy atom. The van der Waals surface area contributed by atoms with Crippen molar-refractivity contribution in [2.24, 2.45) is 0 Å². The Kier molecular flexibility index (Phi) is 6.11. The Morgan fingerprint density at radius 1 is 1.15 bits per heavy atom. The summed E-state index contributed by atoms with van der Waals surface area (Å²) in [4.78, 5) is 15.3. The molecule has 0 spiro atoms. The second-order valence-electron chi connectivity index (χ2n) is 8.38. The third-order valence-corrected chi connectivity index (χ3v) is 6.74. The fraction of sp³-hybridized carbons (Fsp3) is 0.682. The molecule has 2 heterocycles. The summed E-state index contributed by atoms with van der Waals surface area (Å²) in [6.07, 6.45) is 7.35. The molecule has 5 heteroatoms. The van der Waals surface area contributed by atoms with Crippen LogP contribution in [0.4, 0.5) is 0 Å². The van der Waals surface area contributed by atoms with Crippen LogP contribution in [-0.4, -0.2) is 62.3 Å². The van der Waals surface area contributed by atoms with Gasteiger partial charge >= 0.3 is 0 Å². The van der Waals surface area contributed by atoms with Crippen LogP contribution in [-0.2, 0) is 4.74 Å². The highest BCUT2D eigenvalue weighted by Gasteiger charge is 2.40. The number of piperidine rings is 1. The fourth-order valence-electron chi connectivity index (χ4n) is 5.07. The summed E-state index contributed by atoms with van der Waals surface area (Å²) in [6.45, 7) is 6.52. The second-order valence-corrected chi connectivity index (χ2v) is 8.38. The molecular formula is C22H33N3O2. The molecule has 2 aliphatic heterocycles. The van der Waals surface area contributed by atoms with Crippen molar-refractivity contribution in [3.05, 3.63) is 35.4 Å². The molecule has 1 unspecified atom stereocenters. The van der Waals surface area contributed by atoms with E-state index >= 15 is 0 Å². The van der Waals surface area contributed by atoms with Gasteiger partial charge in [0.15, 0.2) is 0 Å². The minimum Gasteiger partial charge on any atom is -0.379 e. The topological polar surface area (TPSA) is 53.6 Å². The van der Waals surface area contributed by atoms with Crippen LogP contribution >= 0.6 is 0 Å². The Labute approximate surface area is 162 Å². The van der Waals surface area contributed by atoms with Crippen molar-refractivity contribution < 1.29 is 9.53 Å². The molecule has 1 amide bonds. The van der Waals surface area contributed by atoms with E-state index in [-0.39, 0.29) is 11.4 Å². The highest BCUT2D eigenvalue weighted by molar-refractivity contribution is 5.94. The van der Waals surface area contributed by atoms with Crippen molar-refractivity contribution in [2.45, 2.75) is 50.0 Å². The Hall–Kier alpha value is -1.43. The Bertz CT molecular complexity index is 613. The van der Waals surface area contributed by atoms with E-state index in [0.717, 1.165) is 51.5 Å². The molecule has 2 saturated heterocycles. The van der Waals surface area contributed by atoms with Gasteiger partial charge in [-0.05, 0) is 55.8 Å². The average molecular weight is 372 g/mol. The van der Waals surface area contributed by atoms with Crippen molar-refractivity contribution in [1.82, 2.24) is 15.5 Å². The number of hydrogen-bond acceptors (Lipinski definition) is 4. The predicted octanol–water partition coefficient (Wildman–Crippen LogP) is 2.53. The summed E-state index contributed by atoms with van der Waals surface area (Å²) >= 11 is 0. The highest BCUT2D eigenvalue weighted by atomic mass is 16.5. The lowest BCUT2D eigenvalue weighted by atomic mass is 9.91. The van der Waals surface area contributed by atoms with Gasteiger partial charge in [0.25, 0.3) is 5.91 Å². The zero-order valence-corrected chi connectivity index (χ0v) is 16.3. The van der Waals surface area contributed by atoms with E-state index in [4.69, 9.17) is 4.74 Å². The number of benzene rings is 1. The second kappa shape index (κ2) is 8.72. The maximum atomic E-state index is 12.7. The molecule has 1 aliphatic carbocycles. The summed E-state index contributed by atoms with van der Waals surface area (Å²) in [5, 5.41) is 6.71. The number of hydrogen-bond donors (Lipinski definition) is 2. The van der Waals surface area contributed by atoms with E-state index in [1.807, 2.05) is 12.1 Å². The van der Waals surface area contributed by atoms with Crippen molar-refractivity contribution in [1.29, 1.82) is 0 Å². The van der Waals surface area contributed by atoms with Gasteiger partial charge in [-0.1, -0.05) is 25.0 Å². The van der Waals surface area contributed by atoms with Gasteiger partial charge in [-0.25, -0.2) is 0 Å². The lowest BCUT2D eigenvalue weighted by molar-refractivity contribution is -0.0199. The maximum Gasteiger partial charge on any atom is 0.251 e. The van der Waals surface area contributed by atoms with Crippen LogP contribution < -0.4 is 10.6 Å². The number of nitrogens with one attached hydrogen (secondary N) is 2. The normalized spacial score (nSPS) is 26.0. The van der Waals surface area contributed by atoms with Gasteiger partial charge in [0.05, 0.1) is 13.2 Å². The molecule has 1 atom stereocenters. The quantitative estimate of drug-likeness (QED) is 0.835. The monoisotopic (exact) mass is 371 g/mol. The van der Waals surface area contributed by atoms with Gasteiger partial charge in [-0.2, -0.15) is 0 Å². The molecule has 5 nitrogen and oxygen atoms in total. The van der Waals surface area contributed by atoms with Crippen molar-refractivity contribution in [3.8, 4) is 0 Å². The van der Waals surface area contributed by atoms with E-state index in [1.54, 1.807) is 0 Å². The molecule has 1 aromatic rings. The summed E-state index contributed by atoms with van der Waals surface area (Å²) in [5.74, 6) is 0.641. The first kappa shape index (κ1) is 18.9. The van der Waals surface area contributed by atoms with Gasteiger partial charge in [0.2, 0.25) is 0 Å². The standard InChI is InChI=1S/C22H33N3O2/c26-21(19-7-5-18(6-8-19)20-4-3-11-23-16-20)24-17-22(9-1-2-10-22)25-12-14-27-15-13-25/h5-8,20,23H,1-4,9-17H2,(H,24,26). The molecule has 27 heavy (non-hydrogen) atoms. The first-order valence-corrected chi connectivity index (χ1v) is 10.7. The predicted molar refractivity (Wildman–Crippen MR) is 107 cm³/mol. The van der Waals surface area contributed by atoms with Crippen LogP contribution in [0, 0.1) is 0 Å². The van der Waals surface area contributed by atoms with E-state index in [2.05, 4.69) is 27.7 Å². The van der Waals surface area contributed by atoms with Gasteiger partial charge in [0, 0.05) is 37.3 Å². The molecule has 4 rings (SSSR count). The molecule has 0 radical (unpaired) electrons. The molecule has 0 bridgehead atoms. The third-order valence-electron chi connectivity index (χ3n) is 6.74. The number of rotatable bonds is 5. The third kappa shape index (κ3) is 4.36. The molecule has 148 valence electrons. The van der Waals surface area contributed by atoms with Crippen LogP contribution in [0.25, 0.3) is 0 Å². The summed E-state index contributed by atoms with van der Waals surface area (Å²) in [7, 11) is 0. The number of carbonyl (C=O) groups excluding carboxylic acids is 1. The molecular weight excluding hydrogens is 338 g/mol. The fourth-order valence-corrected chi connectivity index (χ4v) is 5.07. The van der Waals surface area contributed by atoms with Crippen LogP contribution in [0.2, 0.25) is 0 Å². The number of ether oxygens (including phenoxy) is 1. The number of morpholine rings is 1. The zero-order valence-electron chi connectivity index (χ0n) is 16.3. The van der Waals surface area contributed by atoms with Crippen molar-refractivity contribution in [2.75, 3.05) is 45.9 Å². The Morgan fingerprint density at radius 3 is 2.56 bits per heavy atom. The lowest BCUT2D eigenvalue weighted by Crippen LogP contribution is -2.57. The maximum absolute atomic E-state index is 12.7. The summed E-state index contributed by atoms with van der Waals surface area (Å²) < 4.78 is 5.53. The van der Waals surface area contributed by atoms with Gasteiger partial charge in [-0.3, -0.25) is 9.69 Å². The number of carbonyl (C=O) groups is 1. The summed E-state index contributed by atoms with van der Waals surface area (Å²) in [6, 6.07) is 8.27. The first-order chi connectivity index (χ1) is 13.3. The highest BCUT2D eigenvalue weighted by Crippen LogP contribution is 2.35. The van der Waals surface area contributed by atoms with Crippen molar-refractivity contribution in [3.63, 3.8) is 0 Å². The molecule has 1 saturated carbocycles. The van der Waals surface area contributed by atoms with Gasteiger partial charge < -0.3 is 15.4 Å². The molecule has 2 N–H and O–H groups in total. The molecule has 3 fully saturated rings. The van der Waals surface area contributed by atoms with E-state index in [9.17, 15) is 4.79 Å². The molecule has 0 aromatic heterocycles. The van der Waals surface area contributed by atoms with E-state index in [0.29, 0.717) is 5.92 Å². The summed E-state index contributed by atoms with van der Waals surface area (Å²) in [5.41, 5.74) is 2.25. The zero-order chi connectivity index (χ0) is 18.5. The number of nitrogens with zero attached hydrogens (tertiary/aromatic N) is 1. The largest absolute Gasteiger partial charge is 0.379 e. The minimum absolute atomic E-state index is 0.0582. The van der Waals surface area contributed by atoms with E-state index < -0.39 is 0 Å². The van der Waals surface area contributed by atoms with Gasteiger partial charge in [0.1, 0.15) is 0 Å². The minimum atomic E-state index is 0.0582. The van der Waals surface area contributed by atoms with Gasteiger partial charge in [-0.15, -0.1) is 0 Å². The van der Waals surface area contributed by atoms with Crippen LogP contribution in [0.5, 0.6) is 0 Å². The smallest absolute Gasteiger partial charge is 0.251 e. The SMILES string of the molecule is O=C(NCC1(N2CCOCC2)CCCC1)c1ccc(C2CCCNC2)cc1. The molecule has 3 aliphatic rings. The average Bonchev–Trinajstić information content (AvgIpc) is 3.24. The number of amides is 1. The van der Waals surface area contributed by atoms with Crippen LogP contribution in [0.1, 0.15) is 60.4 Å². The van der Waals surface area contributed by atoms with Crippen molar-refractivity contribution >= 4 is 5.91 Å². The molecule has 1 aromatic carbocycles.